The summed E-state index contributed by atoms with van der Waals surface area (Å²) in [5.74, 6) is -0.0860. The van der Waals surface area contributed by atoms with Gasteiger partial charge in [-0.05, 0) is 52.6 Å². The van der Waals surface area contributed by atoms with Crippen molar-refractivity contribution in [2.75, 3.05) is 0 Å². The summed E-state index contributed by atoms with van der Waals surface area (Å²) in [5.41, 5.74) is 1.58. The Balaban J connectivity index is 1.54. The summed E-state index contributed by atoms with van der Waals surface area (Å²) >= 11 is 2.88. The minimum atomic E-state index is -4.37. The number of carboxylic acid groups (broad SMARTS) is 1. The zero-order valence-electron chi connectivity index (χ0n) is 17.8. The topological polar surface area (TPSA) is 59.4 Å². The highest BCUT2D eigenvalue weighted by Crippen LogP contribution is 2.36. The third-order valence-corrected chi connectivity index (χ3v) is 7.16. The second kappa shape index (κ2) is 9.15. The SMILES string of the molecule is CC(C)c1nc(-c2ccc(C(F)(F)F)cc2)sc1COc1ccc2c(CC(=O)O)csc2c1. The van der Waals surface area contributed by atoms with Gasteiger partial charge in [-0.25, -0.2) is 4.98 Å². The Morgan fingerprint density at radius 1 is 1.15 bits per heavy atom. The van der Waals surface area contributed by atoms with Crippen molar-refractivity contribution in [1.82, 2.24) is 4.98 Å². The van der Waals surface area contributed by atoms with Gasteiger partial charge in [-0.1, -0.05) is 26.0 Å². The van der Waals surface area contributed by atoms with Gasteiger partial charge in [0.25, 0.3) is 0 Å². The Bertz CT molecular complexity index is 1290. The molecule has 0 atom stereocenters. The molecule has 0 radical (unpaired) electrons. The summed E-state index contributed by atoms with van der Waals surface area (Å²) < 4.78 is 45.5. The minimum absolute atomic E-state index is 0.0223. The standard InChI is InChI=1S/C24H20F3NO3S2/c1-13(2)22-20(33-23(28-22)14-3-5-16(6-4-14)24(25,26)27)11-31-17-7-8-18-15(9-21(29)30)12-32-19(18)10-17/h3-8,10,12-13H,9,11H2,1-2H3,(H,29,30). The number of hydrogen-bond acceptors (Lipinski definition) is 5. The number of carbonyl (C=O) groups is 1. The summed E-state index contributed by atoms with van der Waals surface area (Å²) in [6.07, 6.45) is -4.40. The van der Waals surface area contributed by atoms with Crippen LogP contribution in [0.4, 0.5) is 13.2 Å². The van der Waals surface area contributed by atoms with Crippen molar-refractivity contribution < 1.29 is 27.8 Å². The maximum Gasteiger partial charge on any atom is 0.416 e. The van der Waals surface area contributed by atoms with Crippen molar-refractivity contribution in [2.45, 2.75) is 39.0 Å². The van der Waals surface area contributed by atoms with E-state index in [2.05, 4.69) is 4.98 Å². The van der Waals surface area contributed by atoms with Gasteiger partial charge in [0.2, 0.25) is 0 Å². The molecule has 2 aromatic heterocycles. The number of halogens is 3. The molecule has 0 aliphatic carbocycles. The molecule has 2 aromatic carbocycles. The van der Waals surface area contributed by atoms with E-state index >= 15 is 0 Å². The number of aromatic nitrogens is 1. The zero-order valence-corrected chi connectivity index (χ0v) is 19.4. The molecule has 4 nitrogen and oxygen atoms in total. The first kappa shape index (κ1) is 23.3. The van der Waals surface area contributed by atoms with E-state index in [4.69, 9.17) is 9.84 Å². The van der Waals surface area contributed by atoms with E-state index in [-0.39, 0.29) is 18.9 Å². The van der Waals surface area contributed by atoms with E-state index in [9.17, 15) is 18.0 Å². The fourth-order valence-corrected chi connectivity index (χ4v) is 5.57. The van der Waals surface area contributed by atoms with E-state index in [0.717, 1.165) is 38.4 Å². The molecule has 0 fully saturated rings. The van der Waals surface area contributed by atoms with E-state index in [1.807, 2.05) is 37.4 Å². The molecule has 0 amide bonds. The maximum atomic E-state index is 12.9. The molecule has 0 unspecified atom stereocenters. The Morgan fingerprint density at radius 2 is 1.88 bits per heavy atom. The number of rotatable bonds is 7. The molecule has 0 spiro atoms. The first-order valence-electron chi connectivity index (χ1n) is 10.1. The molecule has 33 heavy (non-hydrogen) atoms. The van der Waals surface area contributed by atoms with E-state index in [1.54, 1.807) is 0 Å². The van der Waals surface area contributed by atoms with Crippen molar-refractivity contribution in [2.24, 2.45) is 0 Å². The summed E-state index contributed by atoms with van der Waals surface area (Å²) in [6.45, 7) is 4.30. The van der Waals surface area contributed by atoms with Crippen molar-refractivity contribution in [3.05, 3.63) is 69.5 Å². The van der Waals surface area contributed by atoms with E-state index < -0.39 is 17.7 Å². The van der Waals surface area contributed by atoms with Crippen molar-refractivity contribution >= 4 is 38.7 Å². The highest BCUT2D eigenvalue weighted by atomic mass is 32.1. The Labute approximate surface area is 196 Å². The van der Waals surface area contributed by atoms with Crippen LogP contribution in [-0.2, 0) is 24.0 Å². The monoisotopic (exact) mass is 491 g/mol. The molecule has 9 heteroatoms. The highest BCUT2D eigenvalue weighted by molar-refractivity contribution is 7.17. The van der Waals surface area contributed by atoms with Crippen LogP contribution < -0.4 is 4.74 Å². The molecule has 2 heterocycles. The number of alkyl halides is 3. The number of aliphatic carboxylic acids is 1. The van der Waals surface area contributed by atoms with Gasteiger partial charge in [-0.15, -0.1) is 22.7 Å². The van der Waals surface area contributed by atoms with Crippen molar-refractivity contribution in [1.29, 1.82) is 0 Å². The van der Waals surface area contributed by atoms with Crippen LogP contribution in [0.15, 0.2) is 47.8 Å². The van der Waals surface area contributed by atoms with Crippen LogP contribution in [0.5, 0.6) is 5.75 Å². The summed E-state index contributed by atoms with van der Waals surface area (Å²) in [5, 5.41) is 12.4. The summed E-state index contributed by atoms with van der Waals surface area (Å²) in [6, 6.07) is 10.6. The lowest BCUT2D eigenvalue weighted by Crippen LogP contribution is -2.03. The van der Waals surface area contributed by atoms with Gasteiger partial charge < -0.3 is 9.84 Å². The molecule has 0 aliphatic heterocycles. The van der Waals surface area contributed by atoms with Crippen LogP contribution >= 0.6 is 22.7 Å². The second-order valence-corrected chi connectivity index (χ2v) is 9.83. The summed E-state index contributed by atoms with van der Waals surface area (Å²) in [7, 11) is 0. The Hall–Kier alpha value is -2.91. The van der Waals surface area contributed by atoms with Gasteiger partial charge in [-0.3, -0.25) is 4.79 Å². The molecule has 0 aliphatic rings. The van der Waals surface area contributed by atoms with Gasteiger partial charge >= 0.3 is 12.1 Å². The number of benzene rings is 2. The third-order valence-electron chi connectivity index (χ3n) is 5.07. The first-order valence-corrected chi connectivity index (χ1v) is 11.8. The van der Waals surface area contributed by atoms with E-state index in [0.29, 0.717) is 16.3 Å². The predicted molar refractivity (Wildman–Crippen MR) is 124 cm³/mol. The van der Waals surface area contributed by atoms with Crippen LogP contribution in [0.3, 0.4) is 0 Å². The molecule has 0 bridgehead atoms. The van der Waals surface area contributed by atoms with Gasteiger partial charge in [0.05, 0.1) is 22.6 Å². The highest BCUT2D eigenvalue weighted by Gasteiger charge is 2.30. The van der Waals surface area contributed by atoms with Gasteiger partial charge in [0.1, 0.15) is 17.4 Å². The molecular weight excluding hydrogens is 471 g/mol. The number of ether oxygens (including phenoxy) is 1. The van der Waals surface area contributed by atoms with Crippen LogP contribution in [0.25, 0.3) is 20.7 Å². The lowest BCUT2D eigenvalue weighted by molar-refractivity contribution is -0.138. The molecule has 1 N–H and O–H groups in total. The summed E-state index contributed by atoms with van der Waals surface area (Å²) in [4.78, 5) is 16.6. The third kappa shape index (κ3) is 5.20. The minimum Gasteiger partial charge on any atom is -0.488 e. The van der Waals surface area contributed by atoms with Crippen LogP contribution in [0.1, 0.15) is 41.5 Å². The lowest BCUT2D eigenvalue weighted by atomic mass is 10.1. The second-order valence-electron chi connectivity index (χ2n) is 7.84. The average molecular weight is 492 g/mol. The quantitative estimate of drug-likeness (QED) is 0.293. The normalized spacial score (nSPS) is 11.9. The molecule has 0 saturated carbocycles. The van der Waals surface area contributed by atoms with Crippen molar-refractivity contribution in [3.8, 4) is 16.3 Å². The Kier molecular flexibility index (Phi) is 6.45. The molecule has 4 aromatic rings. The van der Waals surface area contributed by atoms with Gasteiger partial charge in [0.15, 0.2) is 0 Å². The fourth-order valence-electron chi connectivity index (χ4n) is 3.45. The molecular formula is C24H20F3NO3S2. The number of hydrogen-bond donors (Lipinski definition) is 1. The van der Waals surface area contributed by atoms with E-state index in [1.165, 1.54) is 34.8 Å². The lowest BCUT2D eigenvalue weighted by Gasteiger charge is -2.08. The van der Waals surface area contributed by atoms with Gasteiger partial charge in [0, 0.05) is 10.3 Å². The maximum absolute atomic E-state index is 12.9. The van der Waals surface area contributed by atoms with Gasteiger partial charge in [-0.2, -0.15) is 13.2 Å². The first-order chi connectivity index (χ1) is 15.6. The predicted octanol–water partition coefficient (Wildman–Crippen LogP) is 7.37. The number of carboxylic acids is 1. The zero-order chi connectivity index (χ0) is 23.8. The largest absolute Gasteiger partial charge is 0.488 e. The molecule has 172 valence electrons. The van der Waals surface area contributed by atoms with Crippen LogP contribution in [0.2, 0.25) is 0 Å². The number of nitrogens with zero attached hydrogens (tertiary/aromatic N) is 1. The molecule has 0 saturated heterocycles. The number of thiophene rings is 1. The Morgan fingerprint density at radius 3 is 2.52 bits per heavy atom. The number of thiazole rings is 1. The average Bonchev–Trinajstić information content (AvgIpc) is 3.36. The molecule has 4 rings (SSSR count). The van der Waals surface area contributed by atoms with Crippen molar-refractivity contribution in [3.63, 3.8) is 0 Å². The van der Waals surface area contributed by atoms with Crippen LogP contribution in [0, 0.1) is 0 Å². The van der Waals surface area contributed by atoms with Crippen LogP contribution in [-0.4, -0.2) is 16.1 Å². The smallest absolute Gasteiger partial charge is 0.416 e. The fraction of sp³-hybridized carbons (Fsp3) is 0.250. The number of fused-ring (bicyclic) bond motifs is 1.